The van der Waals surface area contributed by atoms with Gasteiger partial charge in [-0.1, -0.05) is 6.07 Å². The Balaban J connectivity index is 1.64. The number of amides is 1. The van der Waals surface area contributed by atoms with Gasteiger partial charge in [-0.25, -0.2) is 0 Å². The summed E-state index contributed by atoms with van der Waals surface area (Å²) in [6, 6.07) is 4.32. The fourth-order valence-electron chi connectivity index (χ4n) is 3.24. The fraction of sp³-hybridized carbons (Fsp3) is 0.474. The number of nitrogens with zero attached hydrogens (tertiary/aromatic N) is 2. The van der Waals surface area contributed by atoms with Gasteiger partial charge in [0.15, 0.2) is 0 Å². The average Bonchev–Trinajstić information content (AvgIpc) is 2.97. The Kier molecular flexibility index (Phi) is 5.55. The van der Waals surface area contributed by atoms with Crippen LogP contribution in [-0.2, 0) is 12.6 Å². The molecule has 1 aliphatic heterocycles. The maximum Gasteiger partial charge on any atom is 0.433 e. The number of rotatable bonds is 4. The molecule has 2 N–H and O–H groups in total. The predicted molar refractivity (Wildman–Crippen MR) is 95.6 cm³/mol. The number of piperidine rings is 1. The van der Waals surface area contributed by atoms with Crippen LogP contribution >= 0.6 is 0 Å². The molecule has 0 unspecified atom stereocenters. The largest absolute Gasteiger partial charge is 0.433 e. The van der Waals surface area contributed by atoms with Crippen LogP contribution in [0.25, 0.3) is 0 Å². The van der Waals surface area contributed by atoms with Crippen LogP contribution in [0.3, 0.4) is 0 Å². The minimum Gasteiger partial charge on any atom is -0.354 e. The Morgan fingerprint density at radius 3 is 2.63 bits per heavy atom. The van der Waals surface area contributed by atoms with Crippen molar-refractivity contribution in [2.75, 3.05) is 20.1 Å². The molecule has 0 spiro atoms. The van der Waals surface area contributed by atoms with E-state index >= 15 is 0 Å². The molecule has 146 valence electrons. The van der Waals surface area contributed by atoms with Gasteiger partial charge in [0, 0.05) is 24.4 Å². The second-order valence-corrected chi connectivity index (χ2v) is 7.11. The SMILES string of the molecule is Cc1[nH]c(C(=O)NC2CCN(C)CC2)cc1Cc1ccc(C(F)(F)F)nc1. The lowest BCUT2D eigenvalue weighted by molar-refractivity contribution is -0.141. The Morgan fingerprint density at radius 1 is 1.33 bits per heavy atom. The summed E-state index contributed by atoms with van der Waals surface area (Å²) >= 11 is 0. The standard InChI is InChI=1S/C19H23F3N4O/c1-12-14(9-13-3-4-17(23-11-13)19(20,21)22)10-16(24-12)18(27)25-15-5-7-26(2)8-6-15/h3-4,10-11,15,24H,5-9H2,1-2H3,(H,25,27). The summed E-state index contributed by atoms with van der Waals surface area (Å²) in [6.07, 6.45) is -0.956. The van der Waals surface area contributed by atoms with Crippen molar-refractivity contribution in [3.8, 4) is 0 Å². The molecule has 0 aromatic carbocycles. The van der Waals surface area contributed by atoms with Gasteiger partial charge >= 0.3 is 6.18 Å². The third-order valence-electron chi connectivity index (χ3n) is 4.93. The number of hydrogen-bond acceptors (Lipinski definition) is 3. The van der Waals surface area contributed by atoms with Crippen LogP contribution in [0.5, 0.6) is 0 Å². The van der Waals surface area contributed by atoms with E-state index in [1.807, 2.05) is 6.92 Å². The number of aromatic amines is 1. The van der Waals surface area contributed by atoms with Crippen molar-refractivity contribution in [1.82, 2.24) is 20.2 Å². The number of alkyl halides is 3. The molecule has 1 aliphatic rings. The topological polar surface area (TPSA) is 61.0 Å². The molecule has 3 rings (SSSR count). The number of likely N-dealkylation sites (tertiary alicyclic amines) is 1. The summed E-state index contributed by atoms with van der Waals surface area (Å²) in [4.78, 5) is 21.3. The molecule has 0 aliphatic carbocycles. The lowest BCUT2D eigenvalue weighted by Gasteiger charge is -2.29. The van der Waals surface area contributed by atoms with Crippen LogP contribution in [0, 0.1) is 6.92 Å². The van der Waals surface area contributed by atoms with Crippen LogP contribution in [-0.4, -0.2) is 47.0 Å². The molecule has 2 aromatic rings. The Labute approximate surface area is 156 Å². The molecule has 27 heavy (non-hydrogen) atoms. The third kappa shape index (κ3) is 4.88. The van der Waals surface area contributed by atoms with Crippen LogP contribution in [0.4, 0.5) is 13.2 Å². The van der Waals surface area contributed by atoms with Gasteiger partial charge in [0.2, 0.25) is 0 Å². The summed E-state index contributed by atoms with van der Waals surface area (Å²) in [6.45, 7) is 3.76. The Hall–Kier alpha value is -2.35. The first-order chi connectivity index (χ1) is 12.7. The number of aromatic nitrogens is 2. The summed E-state index contributed by atoms with van der Waals surface area (Å²) in [5.74, 6) is -0.149. The predicted octanol–water partition coefficient (Wildman–Crippen LogP) is 3.15. The quantitative estimate of drug-likeness (QED) is 0.857. The molecule has 0 bridgehead atoms. The summed E-state index contributed by atoms with van der Waals surface area (Å²) in [5.41, 5.74) is 1.91. The van der Waals surface area contributed by atoms with Crippen molar-refractivity contribution < 1.29 is 18.0 Å². The maximum absolute atomic E-state index is 12.6. The Bertz CT molecular complexity index is 790. The van der Waals surface area contributed by atoms with Crippen molar-refractivity contribution in [3.05, 3.63) is 52.6 Å². The molecule has 5 nitrogen and oxygen atoms in total. The fourth-order valence-corrected chi connectivity index (χ4v) is 3.24. The molecule has 0 saturated carbocycles. The van der Waals surface area contributed by atoms with E-state index < -0.39 is 11.9 Å². The summed E-state index contributed by atoms with van der Waals surface area (Å²) < 4.78 is 37.8. The highest BCUT2D eigenvalue weighted by Crippen LogP contribution is 2.27. The van der Waals surface area contributed by atoms with Crippen LogP contribution in [0.2, 0.25) is 0 Å². The van der Waals surface area contributed by atoms with Crippen LogP contribution in [0.1, 0.15) is 45.8 Å². The number of nitrogens with one attached hydrogen (secondary N) is 2. The highest BCUT2D eigenvalue weighted by atomic mass is 19.4. The van der Waals surface area contributed by atoms with Crippen molar-refractivity contribution in [2.24, 2.45) is 0 Å². The van der Waals surface area contributed by atoms with Gasteiger partial charge in [0.25, 0.3) is 5.91 Å². The first-order valence-electron chi connectivity index (χ1n) is 8.92. The second kappa shape index (κ2) is 7.72. The highest BCUT2D eigenvalue weighted by molar-refractivity contribution is 5.93. The number of carbonyl (C=O) groups is 1. The molecule has 8 heteroatoms. The van der Waals surface area contributed by atoms with E-state index in [0.29, 0.717) is 17.7 Å². The van der Waals surface area contributed by atoms with E-state index in [2.05, 4.69) is 27.2 Å². The number of aryl methyl sites for hydroxylation is 1. The molecule has 3 heterocycles. The summed E-state index contributed by atoms with van der Waals surface area (Å²) in [5, 5.41) is 3.05. The number of H-pyrrole nitrogens is 1. The van der Waals surface area contributed by atoms with E-state index in [4.69, 9.17) is 0 Å². The lowest BCUT2D eigenvalue weighted by atomic mass is 10.1. The molecule has 0 atom stereocenters. The monoisotopic (exact) mass is 380 g/mol. The van der Waals surface area contributed by atoms with Gasteiger partial charge < -0.3 is 15.2 Å². The first-order valence-corrected chi connectivity index (χ1v) is 8.92. The first kappa shape index (κ1) is 19.4. The normalized spacial score (nSPS) is 16.5. The van der Waals surface area contributed by atoms with Gasteiger partial charge in [-0.05, 0) is 63.2 Å². The van der Waals surface area contributed by atoms with Gasteiger partial charge in [-0.2, -0.15) is 13.2 Å². The minimum absolute atomic E-state index is 0.149. The smallest absolute Gasteiger partial charge is 0.354 e. The molecular weight excluding hydrogens is 357 g/mol. The average molecular weight is 380 g/mol. The van der Waals surface area contributed by atoms with Crippen molar-refractivity contribution in [2.45, 2.75) is 38.4 Å². The lowest BCUT2D eigenvalue weighted by Crippen LogP contribution is -2.43. The maximum atomic E-state index is 12.6. The van der Waals surface area contributed by atoms with Gasteiger partial charge in [-0.3, -0.25) is 9.78 Å². The van der Waals surface area contributed by atoms with Gasteiger partial charge in [-0.15, -0.1) is 0 Å². The molecule has 0 radical (unpaired) electrons. The zero-order chi connectivity index (χ0) is 19.6. The molecule has 1 fully saturated rings. The molecule has 1 saturated heterocycles. The van der Waals surface area contributed by atoms with Gasteiger partial charge in [0.05, 0.1) is 0 Å². The second-order valence-electron chi connectivity index (χ2n) is 7.11. The van der Waals surface area contributed by atoms with Crippen molar-refractivity contribution >= 4 is 5.91 Å². The van der Waals surface area contributed by atoms with Crippen LogP contribution < -0.4 is 5.32 Å². The minimum atomic E-state index is -4.44. The van der Waals surface area contributed by atoms with Gasteiger partial charge in [0.1, 0.15) is 11.4 Å². The van der Waals surface area contributed by atoms with Crippen LogP contribution in [0.15, 0.2) is 24.4 Å². The van der Waals surface area contributed by atoms with E-state index in [0.717, 1.165) is 43.3 Å². The number of halogens is 3. The van der Waals surface area contributed by atoms with E-state index in [9.17, 15) is 18.0 Å². The van der Waals surface area contributed by atoms with Crippen molar-refractivity contribution in [1.29, 1.82) is 0 Å². The molecule has 2 aromatic heterocycles. The van der Waals surface area contributed by atoms with Crippen molar-refractivity contribution in [3.63, 3.8) is 0 Å². The highest BCUT2D eigenvalue weighted by Gasteiger charge is 2.32. The molecule has 1 amide bonds. The van der Waals surface area contributed by atoms with E-state index in [-0.39, 0.29) is 11.9 Å². The van der Waals surface area contributed by atoms with E-state index in [1.165, 1.54) is 12.3 Å². The van der Waals surface area contributed by atoms with E-state index in [1.54, 1.807) is 6.07 Å². The Morgan fingerprint density at radius 2 is 2.04 bits per heavy atom. The molecular formula is C19H23F3N4O. The third-order valence-corrected chi connectivity index (χ3v) is 4.93. The zero-order valence-electron chi connectivity index (χ0n) is 15.4. The zero-order valence-corrected chi connectivity index (χ0v) is 15.4. The summed E-state index contributed by atoms with van der Waals surface area (Å²) in [7, 11) is 2.06. The number of hydrogen-bond donors (Lipinski definition) is 2. The number of carbonyl (C=O) groups excluding carboxylic acids is 1. The number of pyridine rings is 1.